The van der Waals surface area contributed by atoms with Gasteiger partial charge in [-0.3, -0.25) is 4.99 Å². The minimum Gasteiger partial charge on any atom is -0.307 e. The second-order valence-corrected chi connectivity index (χ2v) is 8.06. The lowest BCUT2D eigenvalue weighted by molar-refractivity contribution is -0.106. The molecule has 37 heavy (non-hydrogen) atoms. The first-order valence-corrected chi connectivity index (χ1v) is 13.1. The van der Waals surface area contributed by atoms with E-state index >= 15 is 0 Å². The molecule has 0 bridgehead atoms. The van der Waals surface area contributed by atoms with Crippen LogP contribution in [0.1, 0.15) is 66.4 Å². The Balaban J connectivity index is 0.000000679. The van der Waals surface area contributed by atoms with Crippen LogP contribution in [-0.4, -0.2) is 30.2 Å². The van der Waals surface area contributed by atoms with Crippen molar-refractivity contribution in [2.45, 2.75) is 67.7 Å². The van der Waals surface area contributed by atoms with Crippen molar-refractivity contribution in [2.75, 3.05) is 18.7 Å². The Bertz CT molecular complexity index is 1080. The molecule has 1 aromatic carbocycles. The van der Waals surface area contributed by atoms with Crippen molar-refractivity contribution in [3.05, 3.63) is 90.1 Å². The third-order valence-corrected chi connectivity index (χ3v) is 4.81. The van der Waals surface area contributed by atoms with Crippen LogP contribution >= 0.6 is 0 Å². The third kappa shape index (κ3) is 14.0. The van der Waals surface area contributed by atoms with Crippen LogP contribution < -0.4 is 16.0 Å². The van der Waals surface area contributed by atoms with E-state index in [2.05, 4.69) is 74.4 Å². The highest BCUT2D eigenvalue weighted by atomic mass is 16.1. The average molecular weight is 506 g/mol. The van der Waals surface area contributed by atoms with E-state index in [1.807, 2.05) is 62.6 Å². The van der Waals surface area contributed by atoms with Crippen molar-refractivity contribution in [2.24, 2.45) is 10.1 Å². The Hall–Kier alpha value is -3.51. The maximum absolute atomic E-state index is 10.3. The molecule has 6 heteroatoms. The van der Waals surface area contributed by atoms with Crippen molar-refractivity contribution in [1.29, 1.82) is 0 Å². The van der Waals surface area contributed by atoms with Crippen molar-refractivity contribution in [3.63, 3.8) is 0 Å². The minimum atomic E-state index is 0.352. The fraction of sp³-hybridized carbons (Fsp3) is 0.387. The zero-order valence-electron chi connectivity index (χ0n) is 24.2. The highest BCUT2D eigenvalue weighted by molar-refractivity contribution is 5.92. The van der Waals surface area contributed by atoms with E-state index in [0.717, 1.165) is 41.7 Å². The molecule has 0 fully saturated rings. The Labute approximate surface area is 224 Å². The summed E-state index contributed by atoms with van der Waals surface area (Å²) in [6.45, 7) is 18.9. The van der Waals surface area contributed by atoms with Gasteiger partial charge in [0, 0.05) is 31.1 Å². The molecule has 2 aromatic rings. The summed E-state index contributed by atoms with van der Waals surface area (Å²) in [4.78, 5) is 15.0. The average Bonchev–Trinajstić information content (AvgIpc) is 2.91. The normalized spacial score (nSPS) is 11.8. The molecule has 2 rings (SSSR count). The monoisotopic (exact) mass is 505 g/mol. The number of rotatable bonds is 11. The highest BCUT2D eigenvalue weighted by Crippen LogP contribution is 2.11. The van der Waals surface area contributed by atoms with E-state index in [1.165, 1.54) is 11.1 Å². The molecular formula is C31H47N5O. The lowest BCUT2D eigenvalue weighted by atomic mass is 10.2. The second-order valence-electron chi connectivity index (χ2n) is 8.06. The number of aryl methyl sites for hydroxylation is 1. The number of para-hydroxylation sites is 1. The third-order valence-electron chi connectivity index (χ3n) is 4.81. The molecule has 0 amide bonds. The predicted octanol–water partition coefficient (Wildman–Crippen LogP) is 7.11. The molecule has 0 saturated heterocycles. The van der Waals surface area contributed by atoms with Crippen LogP contribution in [0.4, 0.5) is 5.69 Å². The zero-order valence-corrected chi connectivity index (χ0v) is 24.2. The van der Waals surface area contributed by atoms with E-state index in [4.69, 9.17) is 4.99 Å². The molecule has 1 N–H and O–H groups in total. The van der Waals surface area contributed by atoms with E-state index in [-0.39, 0.29) is 0 Å². The molecule has 0 radical (unpaired) electrons. The molecule has 6 nitrogen and oxygen atoms in total. The number of nitrogens with zero attached hydrogens (tertiary/aromatic N) is 4. The number of carbonyl (C=O) groups is 1. The summed E-state index contributed by atoms with van der Waals surface area (Å²) in [6, 6.07) is 13.8. The summed E-state index contributed by atoms with van der Waals surface area (Å²) in [6.07, 6.45) is 11.9. The van der Waals surface area contributed by atoms with Crippen molar-refractivity contribution in [3.8, 4) is 0 Å². The van der Waals surface area contributed by atoms with Crippen LogP contribution in [0.2, 0.25) is 0 Å². The Kier molecular flexibility index (Phi) is 18.7. The van der Waals surface area contributed by atoms with E-state index in [9.17, 15) is 4.79 Å². The number of carbonyl (C=O) groups excluding carboxylic acids is 1. The quantitative estimate of drug-likeness (QED) is 0.153. The molecule has 0 atom stereocenters. The van der Waals surface area contributed by atoms with Gasteiger partial charge in [0.05, 0.1) is 12.2 Å². The highest BCUT2D eigenvalue weighted by Gasteiger charge is 2.01. The number of nitrogens with one attached hydrogen (secondary N) is 1. The van der Waals surface area contributed by atoms with Crippen molar-refractivity contribution < 1.29 is 4.79 Å². The fourth-order valence-corrected chi connectivity index (χ4v) is 3.06. The molecule has 1 aromatic heterocycles. The van der Waals surface area contributed by atoms with Gasteiger partial charge in [-0.25, -0.2) is 5.43 Å². The molecular weight excluding hydrogens is 458 g/mol. The summed E-state index contributed by atoms with van der Waals surface area (Å²) in [5.74, 6) is 0. The molecule has 0 aliphatic heterocycles. The molecule has 0 saturated carbocycles. The van der Waals surface area contributed by atoms with Gasteiger partial charge in [-0.05, 0) is 62.9 Å². The number of hydrogen-bond donors (Lipinski definition) is 1. The number of hydrazone groups is 1. The number of allylic oxidation sites excluding steroid dienone is 3. The van der Waals surface area contributed by atoms with Gasteiger partial charge in [0.2, 0.25) is 0 Å². The Morgan fingerprint density at radius 2 is 1.76 bits per heavy atom. The summed E-state index contributed by atoms with van der Waals surface area (Å²) in [7, 11) is 1.78. The number of hydrazine groups is 1. The standard InChI is InChI=1S/C18H26N2.C11H15N3O.C2H6/c1-6-8-10-17(9-7-2)13-19-18-12-11-16(5)14-20(18)15(3)4;1-10(8-9-15)13-14(12-2)11-6-4-3-5-7-11;1-2/h8-12,14H,3,6-7,13H2,1-2,4-5H3;3-7,9,12H,8H2,1-2H3;1-2H3/b10-8-,17-9+,19-18?;13-10-;. The van der Waals surface area contributed by atoms with E-state index < -0.39 is 0 Å². The lowest BCUT2D eigenvalue weighted by Crippen LogP contribution is -2.30. The van der Waals surface area contributed by atoms with Crippen LogP contribution in [0.15, 0.2) is 89.1 Å². The Morgan fingerprint density at radius 3 is 2.30 bits per heavy atom. The van der Waals surface area contributed by atoms with E-state index in [1.54, 1.807) is 12.2 Å². The van der Waals surface area contributed by atoms with Crippen LogP contribution in [0.5, 0.6) is 0 Å². The van der Waals surface area contributed by atoms with Crippen LogP contribution in [0, 0.1) is 6.92 Å². The van der Waals surface area contributed by atoms with Gasteiger partial charge < -0.3 is 9.36 Å². The van der Waals surface area contributed by atoms with Crippen LogP contribution in [-0.2, 0) is 4.79 Å². The van der Waals surface area contributed by atoms with Gasteiger partial charge in [-0.15, -0.1) is 0 Å². The fourth-order valence-electron chi connectivity index (χ4n) is 3.06. The molecule has 1 heterocycles. The molecule has 0 spiro atoms. The SMILES string of the molecule is C=C(C)n1cc(C)ccc1=NCC(/C=C\CC)=C/CC.CC.CNN(/N=C(/C)CC=O)c1ccccc1. The van der Waals surface area contributed by atoms with Gasteiger partial charge in [0.15, 0.2) is 0 Å². The minimum absolute atomic E-state index is 0.352. The number of aromatic nitrogens is 1. The maximum Gasteiger partial charge on any atom is 0.132 e. The molecule has 0 aliphatic carbocycles. The maximum atomic E-state index is 10.3. The van der Waals surface area contributed by atoms with Gasteiger partial charge in [0.25, 0.3) is 0 Å². The van der Waals surface area contributed by atoms with Crippen molar-refractivity contribution >= 4 is 23.4 Å². The van der Waals surface area contributed by atoms with Gasteiger partial charge in [0.1, 0.15) is 11.8 Å². The number of hydrogen-bond acceptors (Lipinski definition) is 5. The summed E-state index contributed by atoms with van der Waals surface area (Å²) < 4.78 is 2.04. The first kappa shape index (κ1) is 33.5. The van der Waals surface area contributed by atoms with Crippen LogP contribution in [0.25, 0.3) is 5.70 Å². The summed E-state index contributed by atoms with van der Waals surface area (Å²) >= 11 is 0. The zero-order chi connectivity index (χ0) is 28.1. The predicted molar refractivity (Wildman–Crippen MR) is 162 cm³/mol. The largest absolute Gasteiger partial charge is 0.307 e. The molecule has 0 aliphatic rings. The first-order chi connectivity index (χ1) is 17.9. The van der Waals surface area contributed by atoms with E-state index in [0.29, 0.717) is 13.0 Å². The van der Waals surface area contributed by atoms with Crippen molar-refractivity contribution in [1.82, 2.24) is 9.99 Å². The number of benzene rings is 1. The summed E-state index contributed by atoms with van der Waals surface area (Å²) in [5.41, 5.74) is 9.05. The Morgan fingerprint density at radius 1 is 1.08 bits per heavy atom. The van der Waals surface area contributed by atoms with Crippen LogP contribution in [0.3, 0.4) is 0 Å². The number of anilines is 1. The smallest absolute Gasteiger partial charge is 0.132 e. The topological polar surface area (TPSA) is 62.0 Å². The summed E-state index contributed by atoms with van der Waals surface area (Å²) in [5, 5.41) is 5.90. The molecule has 202 valence electrons. The lowest BCUT2D eigenvalue weighted by Gasteiger charge is -2.17. The van der Waals surface area contributed by atoms with Gasteiger partial charge in [-0.2, -0.15) is 10.2 Å². The van der Waals surface area contributed by atoms with Gasteiger partial charge in [-0.1, -0.05) is 76.8 Å². The molecule has 0 unspecified atom stereocenters. The second kappa shape index (κ2) is 20.7. The number of aldehydes is 1. The first-order valence-electron chi connectivity index (χ1n) is 13.1. The number of pyridine rings is 1. The van der Waals surface area contributed by atoms with Gasteiger partial charge >= 0.3 is 0 Å².